The average Bonchev–Trinajstić information content (AvgIpc) is 2.89. The number of amides is 1. The van der Waals surface area contributed by atoms with Crippen molar-refractivity contribution in [1.29, 1.82) is 0 Å². The van der Waals surface area contributed by atoms with Crippen LogP contribution in [0.5, 0.6) is 0 Å². The van der Waals surface area contributed by atoms with Crippen LogP contribution in [0.4, 0.5) is 4.39 Å². The molecule has 0 aliphatic carbocycles. The summed E-state index contributed by atoms with van der Waals surface area (Å²) in [5.74, 6) is -0.545. The number of halogens is 2. The third-order valence-corrected chi connectivity index (χ3v) is 4.15. The van der Waals surface area contributed by atoms with E-state index < -0.39 is 0 Å². The highest BCUT2D eigenvalue weighted by Crippen LogP contribution is 2.19. The Morgan fingerprint density at radius 3 is 3.05 bits per heavy atom. The molecule has 2 rings (SSSR count). The number of benzene rings is 1. The summed E-state index contributed by atoms with van der Waals surface area (Å²) >= 11 is 3.21. The quantitative estimate of drug-likeness (QED) is 0.885. The van der Waals surface area contributed by atoms with Gasteiger partial charge in [-0.1, -0.05) is 0 Å². The highest BCUT2D eigenvalue weighted by molar-refractivity contribution is 9.10. The van der Waals surface area contributed by atoms with E-state index in [9.17, 15) is 9.18 Å². The normalized spacial score (nSPS) is 19.9. The van der Waals surface area contributed by atoms with Gasteiger partial charge in [0.2, 0.25) is 0 Å². The number of rotatable bonds is 5. The maximum absolute atomic E-state index is 13.0. The van der Waals surface area contributed by atoms with E-state index in [0.29, 0.717) is 16.1 Å². The largest absolute Gasteiger partial charge is 0.378 e. The highest BCUT2D eigenvalue weighted by atomic mass is 79.9. The average molecular weight is 344 g/mol. The third-order valence-electron chi connectivity index (χ3n) is 3.50. The monoisotopic (exact) mass is 343 g/mol. The van der Waals surface area contributed by atoms with Crippen molar-refractivity contribution in [3.63, 3.8) is 0 Å². The maximum atomic E-state index is 13.0. The third kappa shape index (κ3) is 4.28. The number of carbonyl (C=O) groups is 1. The molecule has 1 aliphatic rings. The summed E-state index contributed by atoms with van der Waals surface area (Å²) in [4.78, 5) is 12.1. The van der Waals surface area contributed by atoms with Gasteiger partial charge in [-0.05, 0) is 66.7 Å². The zero-order valence-electron chi connectivity index (χ0n) is 11.5. The number of hydrogen-bond acceptors (Lipinski definition) is 2. The molecular weight excluding hydrogens is 325 g/mol. The molecule has 0 radical (unpaired) electrons. The second-order valence-electron chi connectivity index (χ2n) is 5.21. The number of hydrogen-bond donors (Lipinski definition) is 1. The molecule has 1 amide bonds. The second-order valence-corrected chi connectivity index (χ2v) is 6.07. The summed E-state index contributed by atoms with van der Waals surface area (Å²) in [6, 6.07) is 4.15. The zero-order chi connectivity index (χ0) is 14.5. The van der Waals surface area contributed by atoms with E-state index in [1.165, 1.54) is 18.2 Å². The summed E-state index contributed by atoms with van der Waals surface area (Å²) in [6.07, 6.45) is 4.44. The van der Waals surface area contributed by atoms with Crippen LogP contribution in [0.3, 0.4) is 0 Å². The fraction of sp³-hybridized carbons (Fsp3) is 0.533. The zero-order valence-corrected chi connectivity index (χ0v) is 13.1. The van der Waals surface area contributed by atoms with Gasteiger partial charge in [0.25, 0.3) is 5.91 Å². The molecule has 0 saturated carbocycles. The summed E-state index contributed by atoms with van der Waals surface area (Å²) in [6.45, 7) is 2.83. The molecule has 1 aliphatic heterocycles. The van der Waals surface area contributed by atoms with Crippen LogP contribution < -0.4 is 5.32 Å². The van der Waals surface area contributed by atoms with Gasteiger partial charge < -0.3 is 10.1 Å². The van der Waals surface area contributed by atoms with Crippen molar-refractivity contribution in [2.75, 3.05) is 6.61 Å². The Labute approximate surface area is 127 Å². The molecule has 1 aromatic rings. The first-order chi connectivity index (χ1) is 9.56. The van der Waals surface area contributed by atoms with Crippen LogP contribution >= 0.6 is 15.9 Å². The Morgan fingerprint density at radius 2 is 2.40 bits per heavy atom. The molecule has 5 heteroatoms. The lowest BCUT2D eigenvalue weighted by molar-refractivity contribution is 0.0898. The molecule has 1 saturated heterocycles. The van der Waals surface area contributed by atoms with Crippen molar-refractivity contribution >= 4 is 21.8 Å². The number of ether oxygens (including phenoxy) is 1. The van der Waals surface area contributed by atoms with Gasteiger partial charge in [0.1, 0.15) is 5.82 Å². The Hall–Kier alpha value is -0.940. The standard InChI is InChI=1S/C15H19BrFNO2/c1-10(4-6-12-3-2-8-20-12)18-15(19)13-7-5-11(17)9-14(13)16/h5,7,9-10,12H,2-4,6,8H2,1H3,(H,18,19)/t10-,12+/m1/s1. The Balaban J connectivity index is 1.83. The SMILES string of the molecule is C[C@H](CC[C@@H]1CCCO1)NC(=O)c1ccc(F)cc1Br. The predicted molar refractivity (Wildman–Crippen MR) is 79.2 cm³/mol. The summed E-state index contributed by atoms with van der Waals surface area (Å²) in [5.41, 5.74) is 0.454. The van der Waals surface area contributed by atoms with Crippen molar-refractivity contribution in [3.8, 4) is 0 Å². The van der Waals surface area contributed by atoms with Crippen molar-refractivity contribution in [1.82, 2.24) is 5.32 Å². The smallest absolute Gasteiger partial charge is 0.252 e. The Bertz CT molecular complexity index is 475. The van der Waals surface area contributed by atoms with Gasteiger partial charge in [0.15, 0.2) is 0 Å². The molecule has 1 aromatic carbocycles. The molecule has 0 aromatic heterocycles. The van der Waals surface area contributed by atoms with Crippen LogP contribution in [0.15, 0.2) is 22.7 Å². The molecule has 20 heavy (non-hydrogen) atoms. The first-order valence-corrected chi connectivity index (χ1v) is 7.73. The van der Waals surface area contributed by atoms with E-state index in [2.05, 4.69) is 21.2 Å². The maximum Gasteiger partial charge on any atom is 0.252 e. The minimum absolute atomic E-state index is 0.0728. The molecule has 0 unspecified atom stereocenters. The van der Waals surface area contributed by atoms with E-state index in [4.69, 9.17) is 4.74 Å². The molecule has 1 heterocycles. The fourth-order valence-electron chi connectivity index (χ4n) is 2.36. The van der Waals surface area contributed by atoms with Gasteiger partial charge in [-0.3, -0.25) is 4.79 Å². The topological polar surface area (TPSA) is 38.3 Å². The Morgan fingerprint density at radius 1 is 1.60 bits per heavy atom. The van der Waals surface area contributed by atoms with E-state index in [0.717, 1.165) is 32.3 Å². The number of nitrogens with one attached hydrogen (secondary N) is 1. The second kappa shape index (κ2) is 7.18. The van der Waals surface area contributed by atoms with Gasteiger partial charge in [-0.25, -0.2) is 4.39 Å². The molecule has 0 spiro atoms. The van der Waals surface area contributed by atoms with Gasteiger partial charge in [0.05, 0.1) is 11.7 Å². The van der Waals surface area contributed by atoms with Crippen molar-refractivity contribution < 1.29 is 13.9 Å². The molecule has 3 nitrogen and oxygen atoms in total. The van der Waals surface area contributed by atoms with E-state index in [-0.39, 0.29) is 17.8 Å². The van der Waals surface area contributed by atoms with Crippen LogP contribution in [-0.4, -0.2) is 24.7 Å². The van der Waals surface area contributed by atoms with Crippen molar-refractivity contribution in [2.24, 2.45) is 0 Å². The lowest BCUT2D eigenvalue weighted by Crippen LogP contribution is -2.33. The van der Waals surface area contributed by atoms with Gasteiger partial charge in [-0.15, -0.1) is 0 Å². The molecule has 1 N–H and O–H groups in total. The molecule has 1 fully saturated rings. The lowest BCUT2D eigenvalue weighted by Gasteiger charge is -2.16. The Kier molecular flexibility index (Phi) is 5.54. The number of carbonyl (C=O) groups excluding carboxylic acids is 1. The molecular formula is C15H19BrFNO2. The summed E-state index contributed by atoms with van der Waals surface area (Å²) in [7, 11) is 0. The minimum atomic E-state index is -0.361. The van der Waals surface area contributed by atoms with Crippen LogP contribution in [0.2, 0.25) is 0 Å². The molecule has 2 atom stereocenters. The van der Waals surface area contributed by atoms with Crippen LogP contribution in [-0.2, 0) is 4.74 Å². The van der Waals surface area contributed by atoms with Crippen molar-refractivity contribution in [2.45, 2.75) is 44.8 Å². The first-order valence-electron chi connectivity index (χ1n) is 6.94. The van der Waals surface area contributed by atoms with Crippen LogP contribution in [0.25, 0.3) is 0 Å². The predicted octanol–water partition coefficient (Wildman–Crippen LogP) is 3.67. The fourth-order valence-corrected chi connectivity index (χ4v) is 2.89. The van der Waals surface area contributed by atoms with Gasteiger partial charge >= 0.3 is 0 Å². The summed E-state index contributed by atoms with van der Waals surface area (Å²) in [5, 5.41) is 2.93. The van der Waals surface area contributed by atoms with Crippen LogP contribution in [0.1, 0.15) is 43.0 Å². The van der Waals surface area contributed by atoms with E-state index in [1.54, 1.807) is 0 Å². The minimum Gasteiger partial charge on any atom is -0.378 e. The highest BCUT2D eigenvalue weighted by Gasteiger charge is 2.18. The van der Waals surface area contributed by atoms with E-state index in [1.807, 2.05) is 6.92 Å². The van der Waals surface area contributed by atoms with Gasteiger partial charge in [0, 0.05) is 17.1 Å². The van der Waals surface area contributed by atoms with Crippen molar-refractivity contribution in [3.05, 3.63) is 34.1 Å². The lowest BCUT2D eigenvalue weighted by atomic mass is 10.1. The van der Waals surface area contributed by atoms with Gasteiger partial charge in [-0.2, -0.15) is 0 Å². The first kappa shape index (κ1) is 15.4. The van der Waals surface area contributed by atoms with Crippen LogP contribution in [0, 0.1) is 5.82 Å². The molecule has 0 bridgehead atoms. The van der Waals surface area contributed by atoms with E-state index >= 15 is 0 Å². The molecule has 110 valence electrons. The summed E-state index contributed by atoms with van der Waals surface area (Å²) < 4.78 is 19.0.